The van der Waals surface area contributed by atoms with E-state index in [-0.39, 0.29) is 5.91 Å². The summed E-state index contributed by atoms with van der Waals surface area (Å²) in [5, 5.41) is 0. The minimum absolute atomic E-state index is 0.235. The van der Waals surface area contributed by atoms with Crippen LogP contribution in [0.15, 0.2) is 30.3 Å². The SMILES string of the molecule is C[C@@H]1C[C@H](N(C)C(=O)CCCN)CCN1Cc1ccccc1. The molecule has 1 aromatic rings. The van der Waals surface area contributed by atoms with Gasteiger partial charge < -0.3 is 10.6 Å². The average molecular weight is 303 g/mol. The van der Waals surface area contributed by atoms with E-state index in [1.807, 2.05) is 11.9 Å². The highest BCUT2D eigenvalue weighted by Gasteiger charge is 2.29. The van der Waals surface area contributed by atoms with Gasteiger partial charge in [-0.1, -0.05) is 30.3 Å². The van der Waals surface area contributed by atoms with Crippen molar-refractivity contribution in [2.75, 3.05) is 20.1 Å². The molecule has 0 aromatic heterocycles. The maximum absolute atomic E-state index is 12.1. The standard InChI is InChI=1S/C18H29N3O/c1-15-13-17(20(2)18(22)9-6-11-19)10-12-21(15)14-16-7-4-3-5-8-16/h3-5,7-8,15,17H,6,9-14,19H2,1-2H3/t15-,17-/m1/s1. The fourth-order valence-corrected chi connectivity index (χ4v) is 3.23. The molecule has 1 heterocycles. The Labute approximate surface area is 134 Å². The van der Waals surface area contributed by atoms with Gasteiger partial charge in [-0.3, -0.25) is 9.69 Å². The molecule has 1 fully saturated rings. The molecule has 2 atom stereocenters. The van der Waals surface area contributed by atoms with E-state index < -0.39 is 0 Å². The Kier molecular flexibility index (Phi) is 6.40. The van der Waals surface area contributed by atoms with Gasteiger partial charge in [0, 0.05) is 38.6 Å². The predicted octanol–water partition coefficient (Wildman–Crippen LogP) is 2.24. The molecule has 0 aliphatic carbocycles. The molecule has 1 aliphatic rings. The number of amides is 1. The average Bonchev–Trinajstić information content (AvgIpc) is 2.54. The van der Waals surface area contributed by atoms with E-state index in [1.165, 1.54) is 5.56 Å². The Bertz CT molecular complexity index is 463. The Morgan fingerprint density at radius 2 is 2.09 bits per heavy atom. The second kappa shape index (κ2) is 8.30. The quantitative estimate of drug-likeness (QED) is 0.877. The number of carbonyl (C=O) groups excluding carboxylic acids is 1. The maximum atomic E-state index is 12.1. The molecular formula is C18H29N3O. The minimum Gasteiger partial charge on any atom is -0.343 e. The molecular weight excluding hydrogens is 274 g/mol. The Morgan fingerprint density at radius 3 is 2.73 bits per heavy atom. The lowest BCUT2D eigenvalue weighted by atomic mass is 9.96. The molecule has 122 valence electrons. The van der Waals surface area contributed by atoms with E-state index in [1.54, 1.807) is 0 Å². The van der Waals surface area contributed by atoms with Crippen LogP contribution in [0.1, 0.15) is 38.2 Å². The number of nitrogens with zero attached hydrogens (tertiary/aromatic N) is 2. The first-order chi connectivity index (χ1) is 10.6. The third-order valence-corrected chi connectivity index (χ3v) is 4.75. The molecule has 1 saturated heterocycles. The topological polar surface area (TPSA) is 49.6 Å². The minimum atomic E-state index is 0.235. The van der Waals surface area contributed by atoms with Crippen LogP contribution in [0.2, 0.25) is 0 Å². The van der Waals surface area contributed by atoms with Crippen LogP contribution >= 0.6 is 0 Å². The van der Waals surface area contributed by atoms with Crippen LogP contribution in [0.25, 0.3) is 0 Å². The molecule has 0 unspecified atom stereocenters. The van der Waals surface area contributed by atoms with Crippen molar-refractivity contribution >= 4 is 5.91 Å². The van der Waals surface area contributed by atoms with Crippen LogP contribution in [0, 0.1) is 0 Å². The van der Waals surface area contributed by atoms with Gasteiger partial charge in [0.05, 0.1) is 0 Å². The molecule has 0 saturated carbocycles. The third-order valence-electron chi connectivity index (χ3n) is 4.75. The molecule has 0 radical (unpaired) electrons. The molecule has 22 heavy (non-hydrogen) atoms. The van der Waals surface area contributed by atoms with Gasteiger partial charge in [-0.2, -0.15) is 0 Å². The molecule has 4 nitrogen and oxygen atoms in total. The number of hydrogen-bond donors (Lipinski definition) is 1. The van der Waals surface area contributed by atoms with Crippen molar-refractivity contribution in [2.45, 2.75) is 51.2 Å². The lowest BCUT2D eigenvalue weighted by Gasteiger charge is -2.41. The second-order valence-corrected chi connectivity index (χ2v) is 6.38. The summed E-state index contributed by atoms with van der Waals surface area (Å²) in [5.74, 6) is 0.235. The van der Waals surface area contributed by atoms with E-state index in [2.05, 4.69) is 42.2 Å². The van der Waals surface area contributed by atoms with Crippen LogP contribution < -0.4 is 5.73 Å². The fourth-order valence-electron chi connectivity index (χ4n) is 3.23. The van der Waals surface area contributed by atoms with E-state index in [0.29, 0.717) is 25.0 Å². The Hall–Kier alpha value is -1.39. The Balaban J connectivity index is 1.85. The van der Waals surface area contributed by atoms with Gasteiger partial charge in [-0.25, -0.2) is 0 Å². The van der Waals surface area contributed by atoms with Gasteiger partial charge in [0.15, 0.2) is 0 Å². The van der Waals surface area contributed by atoms with E-state index in [0.717, 1.165) is 32.4 Å². The first-order valence-corrected chi connectivity index (χ1v) is 8.35. The molecule has 1 aliphatic heterocycles. The van der Waals surface area contributed by atoms with Gasteiger partial charge in [0.2, 0.25) is 5.91 Å². The van der Waals surface area contributed by atoms with Gasteiger partial charge in [0.25, 0.3) is 0 Å². The molecule has 2 rings (SSSR count). The number of hydrogen-bond acceptors (Lipinski definition) is 3. The summed E-state index contributed by atoms with van der Waals surface area (Å²) < 4.78 is 0. The van der Waals surface area contributed by atoms with Crippen molar-refractivity contribution in [3.8, 4) is 0 Å². The van der Waals surface area contributed by atoms with Crippen molar-refractivity contribution in [1.82, 2.24) is 9.80 Å². The smallest absolute Gasteiger partial charge is 0.222 e. The number of nitrogens with two attached hydrogens (primary N) is 1. The van der Waals surface area contributed by atoms with Crippen LogP contribution in [0.5, 0.6) is 0 Å². The van der Waals surface area contributed by atoms with E-state index in [9.17, 15) is 4.79 Å². The highest BCUT2D eigenvalue weighted by molar-refractivity contribution is 5.76. The largest absolute Gasteiger partial charge is 0.343 e. The number of rotatable bonds is 6. The van der Waals surface area contributed by atoms with Crippen LogP contribution in [0.4, 0.5) is 0 Å². The highest BCUT2D eigenvalue weighted by Crippen LogP contribution is 2.23. The zero-order valence-electron chi connectivity index (χ0n) is 13.9. The molecule has 1 amide bonds. The van der Waals surface area contributed by atoms with Gasteiger partial charge in [0.1, 0.15) is 0 Å². The second-order valence-electron chi connectivity index (χ2n) is 6.38. The molecule has 1 aromatic carbocycles. The summed E-state index contributed by atoms with van der Waals surface area (Å²) in [4.78, 5) is 16.6. The summed E-state index contributed by atoms with van der Waals surface area (Å²) in [6.07, 6.45) is 3.47. The Morgan fingerprint density at radius 1 is 1.36 bits per heavy atom. The number of carbonyl (C=O) groups is 1. The number of benzene rings is 1. The first kappa shape index (κ1) is 17.0. The summed E-state index contributed by atoms with van der Waals surface area (Å²) >= 11 is 0. The molecule has 2 N–H and O–H groups in total. The first-order valence-electron chi connectivity index (χ1n) is 8.35. The monoisotopic (exact) mass is 303 g/mol. The van der Waals surface area contributed by atoms with E-state index >= 15 is 0 Å². The van der Waals surface area contributed by atoms with E-state index in [4.69, 9.17) is 5.73 Å². The van der Waals surface area contributed by atoms with Gasteiger partial charge >= 0.3 is 0 Å². The van der Waals surface area contributed by atoms with Crippen LogP contribution in [0.3, 0.4) is 0 Å². The lowest BCUT2D eigenvalue weighted by Crippen LogP contribution is -2.49. The summed E-state index contributed by atoms with van der Waals surface area (Å²) in [6, 6.07) is 11.5. The fraction of sp³-hybridized carbons (Fsp3) is 0.611. The molecule has 0 bridgehead atoms. The lowest BCUT2D eigenvalue weighted by molar-refractivity contribution is -0.133. The summed E-state index contributed by atoms with van der Waals surface area (Å²) in [6.45, 7) is 4.91. The number of piperidine rings is 1. The predicted molar refractivity (Wildman–Crippen MR) is 90.4 cm³/mol. The summed E-state index contributed by atoms with van der Waals surface area (Å²) in [7, 11) is 1.95. The van der Waals surface area contributed by atoms with Gasteiger partial charge in [-0.05, 0) is 38.3 Å². The van der Waals surface area contributed by atoms with Crippen molar-refractivity contribution in [1.29, 1.82) is 0 Å². The zero-order chi connectivity index (χ0) is 15.9. The third kappa shape index (κ3) is 4.55. The van der Waals surface area contributed by atoms with Crippen LogP contribution in [-0.4, -0.2) is 47.9 Å². The molecule has 4 heteroatoms. The van der Waals surface area contributed by atoms with Crippen molar-refractivity contribution in [3.63, 3.8) is 0 Å². The van der Waals surface area contributed by atoms with Crippen molar-refractivity contribution < 1.29 is 4.79 Å². The normalized spacial score (nSPS) is 22.5. The van der Waals surface area contributed by atoms with Gasteiger partial charge in [-0.15, -0.1) is 0 Å². The zero-order valence-corrected chi connectivity index (χ0v) is 13.9. The number of likely N-dealkylation sites (tertiary alicyclic amines) is 1. The van der Waals surface area contributed by atoms with Crippen molar-refractivity contribution in [2.24, 2.45) is 5.73 Å². The summed E-state index contributed by atoms with van der Waals surface area (Å²) in [5.41, 5.74) is 6.85. The molecule has 0 spiro atoms. The van der Waals surface area contributed by atoms with Crippen LogP contribution in [-0.2, 0) is 11.3 Å². The van der Waals surface area contributed by atoms with Crippen molar-refractivity contribution in [3.05, 3.63) is 35.9 Å². The highest BCUT2D eigenvalue weighted by atomic mass is 16.2. The maximum Gasteiger partial charge on any atom is 0.222 e.